The molecule has 3 aromatic carbocycles. The molecule has 6 heteroatoms. The van der Waals surface area contributed by atoms with Crippen LogP contribution < -0.4 is 10.4 Å². The van der Waals surface area contributed by atoms with Gasteiger partial charge in [-0.25, -0.2) is 9.97 Å². The number of anilines is 1. The summed E-state index contributed by atoms with van der Waals surface area (Å²) in [5.74, 6) is 0.201. The van der Waals surface area contributed by atoms with E-state index in [0.29, 0.717) is 27.7 Å². The number of fused-ring (bicyclic) bond motifs is 1. The van der Waals surface area contributed by atoms with Crippen molar-refractivity contribution in [3.8, 4) is 11.4 Å². The quantitative estimate of drug-likeness (QED) is 0.219. The molecule has 0 aliphatic rings. The monoisotopic (exact) mass is 443 g/mol. The summed E-state index contributed by atoms with van der Waals surface area (Å²) >= 11 is 6.42. The molecule has 4 rings (SSSR count). The van der Waals surface area contributed by atoms with Crippen LogP contribution in [0.5, 0.6) is 0 Å². The van der Waals surface area contributed by atoms with Gasteiger partial charge in [-0.15, -0.1) is 0 Å². The van der Waals surface area contributed by atoms with E-state index in [9.17, 15) is 5.11 Å². The maximum Gasteiger partial charge on any atom is 0.161 e. The molecule has 1 heterocycles. The van der Waals surface area contributed by atoms with Gasteiger partial charge in [-0.05, 0) is 66.8 Å². The average molecular weight is 444 g/mol. The van der Waals surface area contributed by atoms with Crippen LogP contribution in [0.2, 0.25) is 5.02 Å². The van der Waals surface area contributed by atoms with E-state index in [-0.39, 0.29) is 5.90 Å². The van der Waals surface area contributed by atoms with Gasteiger partial charge in [0.1, 0.15) is 0 Å². The molecule has 0 unspecified atom stereocenters. The van der Waals surface area contributed by atoms with Crippen LogP contribution in [-0.4, -0.2) is 22.4 Å². The van der Waals surface area contributed by atoms with Gasteiger partial charge in [0, 0.05) is 29.4 Å². The first-order valence-electron chi connectivity index (χ1n) is 10.7. The van der Waals surface area contributed by atoms with Crippen LogP contribution in [0.4, 0.5) is 11.4 Å². The molecule has 4 aromatic rings. The molecule has 0 fully saturated rings. The molecule has 0 saturated heterocycles. The first-order chi connectivity index (χ1) is 15.5. The molecular weight excluding hydrogens is 420 g/mol. The Kier molecular flexibility index (Phi) is 6.66. The number of para-hydroxylation sites is 1. The lowest BCUT2D eigenvalue weighted by atomic mass is 10.1. The van der Waals surface area contributed by atoms with Gasteiger partial charge in [0.2, 0.25) is 0 Å². The highest BCUT2D eigenvalue weighted by atomic mass is 35.5. The highest BCUT2D eigenvalue weighted by molar-refractivity contribution is 6.33. The van der Waals surface area contributed by atoms with E-state index in [4.69, 9.17) is 11.6 Å². The lowest BCUT2D eigenvalue weighted by Gasteiger charge is -2.16. The standard InChI is InChI=1S/C26H25ClN4O/c1-3-4-13-28-19-9-11-21(17(2)14-19)26(32)30-20-10-12-23(27)22(15-20)25-29-16-18-7-5-6-8-24(18)31-25/h5-12,14-16,28H,3-4,13H2,1-2H3,(H,30,32)/p-1. The Morgan fingerprint density at radius 3 is 2.75 bits per heavy atom. The van der Waals surface area contributed by atoms with Crippen LogP contribution in [0, 0.1) is 6.92 Å². The number of aryl methyl sites for hydroxylation is 1. The number of nitrogens with one attached hydrogen (secondary N) is 1. The molecule has 1 N–H and O–H groups in total. The fourth-order valence-electron chi connectivity index (χ4n) is 3.46. The van der Waals surface area contributed by atoms with Crippen LogP contribution in [0.25, 0.3) is 22.3 Å². The SMILES string of the molecule is CCCCNc1ccc(C([O-])=Nc2ccc(Cl)c(-c3ncc4ccccc4n3)c2)c(C)c1. The van der Waals surface area contributed by atoms with Crippen molar-refractivity contribution < 1.29 is 5.11 Å². The predicted molar refractivity (Wildman–Crippen MR) is 131 cm³/mol. The summed E-state index contributed by atoms with van der Waals surface area (Å²) in [7, 11) is 0. The highest BCUT2D eigenvalue weighted by Crippen LogP contribution is 2.30. The number of aromatic nitrogens is 2. The van der Waals surface area contributed by atoms with Gasteiger partial charge in [0.15, 0.2) is 5.82 Å². The summed E-state index contributed by atoms with van der Waals surface area (Å²) < 4.78 is 0. The number of hydrogen-bond donors (Lipinski definition) is 1. The normalized spacial score (nSPS) is 11.7. The molecule has 0 saturated carbocycles. The van der Waals surface area contributed by atoms with Crippen molar-refractivity contribution in [2.45, 2.75) is 26.7 Å². The topological polar surface area (TPSA) is 73.2 Å². The van der Waals surface area contributed by atoms with Crippen molar-refractivity contribution in [3.05, 3.63) is 83.0 Å². The number of hydrogen-bond acceptors (Lipinski definition) is 5. The lowest BCUT2D eigenvalue weighted by Crippen LogP contribution is -2.19. The number of halogens is 1. The lowest BCUT2D eigenvalue weighted by molar-refractivity contribution is -0.212. The number of aliphatic imine (C=N–C) groups is 1. The van der Waals surface area contributed by atoms with E-state index in [0.717, 1.165) is 41.5 Å². The summed E-state index contributed by atoms with van der Waals surface area (Å²) in [6, 6.07) is 18.7. The Hall–Kier alpha value is -3.44. The zero-order valence-electron chi connectivity index (χ0n) is 18.1. The second kappa shape index (κ2) is 9.79. The van der Waals surface area contributed by atoms with Gasteiger partial charge in [-0.2, -0.15) is 0 Å². The van der Waals surface area contributed by atoms with E-state index in [1.807, 2.05) is 49.4 Å². The minimum Gasteiger partial charge on any atom is -0.858 e. The molecule has 162 valence electrons. The zero-order chi connectivity index (χ0) is 22.5. The van der Waals surface area contributed by atoms with Gasteiger partial charge in [-0.1, -0.05) is 49.2 Å². The molecule has 0 radical (unpaired) electrons. The molecule has 0 aliphatic carbocycles. The van der Waals surface area contributed by atoms with Crippen molar-refractivity contribution in [2.24, 2.45) is 4.99 Å². The van der Waals surface area contributed by atoms with E-state index in [1.165, 1.54) is 0 Å². The third-order valence-corrected chi connectivity index (χ3v) is 5.56. The van der Waals surface area contributed by atoms with Crippen molar-refractivity contribution >= 4 is 39.8 Å². The van der Waals surface area contributed by atoms with Crippen LogP contribution in [0.3, 0.4) is 0 Å². The van der Waals surface area contributed by atoms with E-state index < -0.39 is 0 Å². The van der Waals surface area contributed by atoms with Crippen LogP contribution in [0.15, 0.2) is 71.9 Å². The van der Waals surface area contributed by atoms with Gasteiger partial charge < -0.3 is 10.4 Å². The first-order valence-corrected chi connectivity index (χ1v) is 11.1. The van der Waals surface area contributed by atoms with Gasteiger partial charge in [-0.3, -0.25) is 4.99 Å². The van der Waals surface area contributed by atoms with E-state index >= 15 is 0 Å². The van der Waals surface area contributed by atoms with Crippen LogP contribution in [0.1, 0.15) is 30.9 Å². The molecule has 5 nitrogen and oxygen atoms in total. The molecule has 0 spiro atoms. The average Bonchev–Trinajstić information content (AvgIpc) is 2.80. The predicted octanol–water partition coefficient (Wildman–Crippen LogP) is 5.91. The molecule has 1 aromatic heterocycles. The first kappa shape index (κ1) is 21.8. The summed E-state index contributed by atoms with van der Waals surface area (Å²) in [4.78, 5) is 13.4. The van der Waals surface area contributed by atoms with Gasteiger partial charge >= 0.3 is 0 Å². The van der Waals surface area contributed by atoms with Crippen molar-refractivity contribution in [1.29, 1.82) is 0 Å². The third kappa shape index (κ3) is 4.89. The summed E-state index contributed by atoms with van der Waals surface area (Å²) in [6.07, 6.45) is 4.01. The summed E-state index contributed by atoms with van der Waals surface area (Å²) in [5, 5.41) is 17.7. The van der Waals surface area contributed by atoms with Crippen LogP contribution >= 0.6 is 11.6 Å². The third-order valence-electron chi connectivity index (χ3n) is 5.23. The minimum atomic E-state index is -0.296. The number of nitrogens with zero attached hydrogens (tertiary/aromatic N) is 3. The van der Waals surface area contributed by atoms with E-state index in [2.05, 4.69) is 27.2 Å². The number of unbranched alkanes of at least 4 members (excludes halogenated alkanes) is 1. The second-order valence-corrected chi connectivity index (χ2v) is 8.05. The Balaban J connectivity index is 1.62. The number of rotatable bonds is 7. The Morgan fingerprint density at radius 1 is 1.09 bits per heavy atom. The maximum atomic E-state index is 12.9. The second-order valence-electron chi connectivity index (χ2n) is 7.64. The van der Waals surface area contributed by atoms with Crippen LogP contribution in [-0.2, 0) is 0 Å². The molecule has 0 aliphatic heterocycles. The zero-order valence-corrected chi connectivity index (χ0v) is 18.9. The summed E-state index contributed by atoms with van der Waals surface area (Å²) in [5.41, 5.74) is 4.44. The highest BCUT2D eigenvalue weighted by Gasteiger charge is 2.09. The van der Waals surface area contributed by atoms with E-state index in [1.54, 1.807) is 24.4 Å². The summed E-state index contributed by atoms with van der Waals surface area (Å²) in [6.45, 7) is 4.99. The van der Waals surface area contributed by atoms with Crippen molar-refractivity contribution in [1.82, 2.24) is 9.97 Å². The molecule has 32 heavy (non-hydrogen) atoms. The molecular formula is C26H24ClN4O-. The Labute approximate surface area is 192 Å². The van der Waals surface area contributed by atoms with Crippen molar-refractivity contribution in [2.75, 3.05) is 11.9 Å². The molecule has 0 amide bonds. The minimum absolute atomic E-state index is 0.296. The fraction of sp³-hybridized carbons (Fsp3) is 0.192. The van der Waals surface area contributed by atoms with Gasteiger partial charge in [0.05, 0.1) is 16.2 Å². The largest absolute Gasteiger partial charge is 0.858 e. The maximum absolute atomic E-state index is 12.9. The fourth-order valence-corrected chi connectivity index (χ4v) is 3.66. The number of benzene rings is 3. The van der Waals surface area contributed by atoms with Crippen molar-refractivity contribution in [3.63, 3.8) is 0 Å². The Bertz CT molecular complexity index is 1290. The Morgan fingerprint density at radius 2 is 1.94 bits per heavy atom. The molecule has 0 bridgehead atoms. The smallest absolute Gasteiger partial charge is 0.161 e. The van der Waals surface area contributed by atoms with Gasteiger partial charge in [0.25, 0.3) is 0 Å². The molecule has 0 atom stereocenters.